The zero-order valence-electron chi connectivity index (χ0n) is 8.33. The van der Waals surface area contributed by atoms with Gasteiger partial charge in [-0.05, 0) is 20.8 Å². The number of ether oxygens (including phenoxy) is 1. The van der Waals surface area contributed by atoms with Gasteiger partial charge >= 0.3 is 0 Å². The molecule has 0 radical (unpaired) electrons. The predicted molar refractivity (Wildman–Crippen MR) is 54.7 cm³/mol. The molecule has 1 rings (SSSR count). The van der Waals surface area contributed by atoms with Crippen LogP contribution in [-0.2, 0) is 16.9 Å². The molecule has 0 atom stereocenters. The first-order chi connectivity index (χ1) is 6.10. The second-order valence-corrected chi connectivity index (χ2v) is 4.39. The molecular weight excluding hydrogens is 184 g/mol. The van der Waals surface area contributed by atoms with E-state index in [2.05, 4.69) is 4.98 Å². The highest BCUT2D eigenvalue weighted by Crippen LogP contribution is 2.28. The monoisotopic (exact) mass is 200 g/mol. The molecule has 4 heteroatoms. The Morgan fingerprint density at radius 3 is 2.77 bits per heavy atom. The van der Waals surface area contributed by atoms with Crippen molar-refractivity contribution in [2.75, 3.05) is 6.61 Å². The second kappa shape index (κ2) is 4.17. The van der Waals surface area contributed by atoms with E-state index in [4.69, 9.17) is 10.5 Å². The minimum absolute atomic E-state index is 0.285. The lowest BCUT2D eigenvalue weighted by atomic mass is 10.1. The Bertz CT molecular complexity index is 270. The van der Waals surface area contributed by atoms with Crippen LogP contribution in [0.3, 0.4) is 0 Å². The molecule has 0 bridgehead atoms. The number of hydrogen-bond acceptors (Lipinski definition) is 4. The molecule has 0 saturated carbocycles. The fourth-order valence-corrected chi connectivity index (χ4v) is 1.95. The van der Waals surface area contributed by atoms with Crippen molar-refractivity contribution in [3.8, 4) is 0 Å². The summed E-state index contributed by atoms with van der Waals surface area (Å²) in [7, 11) is 0. The van der Waals surface area contributed by atoms with E-state index >= 15 is 0 Å². The van der Waals surface area contributed by atoms with Crippen LogP contribution in [0, 0.1) is 0 Å². The lowest BCUT2D eigenvalue weighted by Gasteiger charge is -2.21. The van der Waals surface area contributed by atoms with Crippen LogP contribution in [0.2, 0.25) is 0 Å². The Morgan fingerprint density at radius 2 is 2.31 bits per heavy atom. The fraction of sp³-hybridized carbons (Fsp3) is 0.667. The van der Waals surface area contributed by atoms with Crippen molar-refractivity contribution in [1.29, 1.82) is 0 Å². The SMILES string of the molecule is CCOC(C)(C)c1ncc(CN)s1. The van der Waals surface area contributed by atoms with Crippen LogP contribution in [0.15, 0.2) is 6.20 Å². The summed E-state index contributed by atoms with van der Waals surface area (Å²) in [5, 5.41) is 0.995. The van der Waals surface area contributed by atoms with E-state index in [-0.39, 0.29) is 5.60 Å². The summed E-state index contributed by atoms with van der Waals surface area (Å²) in [6, 6.07) is 0. The number of hydrogen-bond donors (Lipinski definition) is 1. The number of nitrogens with two attached hydrogens (primary N) is 1. The van der Waals surface area contributed by atoms with Crippen LogP contribution < -0.4 is 5.73 Å². The maximum atomic E-state index is 5.58. The maximum absolute atomic E-state index is 5.58. The Morgan fingerprint density at radius 1 is 1.62 bits per heavy atom. The minimum Gasteiger partial charge on any atom is -0.369 e. The third-order valence-corrected chi connectivity index (χ3v) is 3.10. The largest absolute Gasteiger partial charge is 0.369 e. The van der Waals surface area contributed by atoms with E-state index < -0.39 is 0 Å². The normalized spacial score (nSPS) is 12.0. The first kappa shape index (κ1) is 10.6. The average Bonchev–Trinajstić information content (AvgIpc) is 2.52. The Balaban J connectivity index is 2.80. The van der Waals surface area contributed by atoms with Gasteiger partial charge in [-0.15, -0.1) is 11.3 Å². The number of rotatable bonds is 4. The molecule has 0 fully saturated rings. The summed E-state index contributed by atoms with van der Waals surface area (Å²) in [6.45, 7) is 7.29. The molecule has 0 spiro atoms. The van der Waals surface area contributed by atoms with Crippen LogP contribution in [-0.4, -0.2) is 11.6 Å². The molecule has 0 aliphatic carbocycles. The molecule has 0 unspecified atom stereocenters. The van der Waals surface area contributed by atoms with Gasteiger partial charge in [-0.25, -0.2) is 4.98 Å². The molecule has 1 heterocycles. The summed E-state index contributed by atoms with van der Waals surface area (Å²) in [4.78, 5) is 5.39. The third-order valence-electron chi connectivity index (χ3n) is 1.77. The highest BCUT2D eigenvalue weighted by Gasteiger charge is 2.24. The van der Waals surface area contributed by atoms with Crippen LogP contribution >= 0.6 is 11.3 Å². The van der Waals surface area contributed by atoms with Crippen molar-refractivity contribution in [3.63, 3.8) is 0 Å². The van der Waals surface area contributed by atoms with Crippen LogP contribution in [0.1, 0.15) is 30.7 Å². The lowest BCUT2D eigenvalue weighted by Crippen LogP contribution is -2.21. The summed E-state index contributed by atoms with van der Waals surface area (Å²) >= 11 is 1.62. The van der Waals surface area contributed by atoms with Crippen LogP contribution in [0.25, 0.3) is 0 Å². The summed E-state index contributed by atoms with van der Waals surface area (Å²) < 4.78 is 5.58. The Hall–Kier alpha value is -0.450. The number of thiazole rings is 1. The topological polar surface area (TPSA) is 48.1 Å². The van der Waals surface area contributed by atoms with Crippen LogP contribution in [0.5, 0.6) is 0 Å². The Labute approximate surface area is 82.9 Å². The van der Waals surface area contributed by atoms with Gasteiger partial charge in [0.05, 0.1) is 0 Å². The van der Waals surface area contributed by atoms with Gasteiger partial charge in [0, 0.05) is 24.2 Å². The molecule has 0 aliphatic heterocycles. The van der Waals surface area contributed by atoms with Crippen molar-refractivity contribution in [2.24, 2.45) is 5.73 Å². The van der Waals surface area contributed by atoms with E-state index in [9.17, 15) is 0 Å². The van der Waals surface area contributed by atoms with Crippen molar-refractivity contribution >= 4 is 11.3 Å². The van der Waals surface area contributed by atoms with Gasteiger partial charge in [-0.2, -0.15) is 0 Å². The van der Waals surface area contributed by atoms with E-state index in [0.29, 0.717) is 13.2 Å². The minimum atomic E-state index is -0.285. The number of aromatic nitrogens is 1. The molecule has 74 valence electrons. The highest BCUT2D eigenvalue weighted by molar-refractivity contribution is 7.11. The quantitative estimate of drug-likeness (QED) is 0.807. The molecule has 0 aromatic carbocycles. The van der Waals surface area contributed by atoms with Crippen molar-refractivity contribution < 1.29 is 4.74 Å². The zero-order valence-corrected chi connectivity index (χ0v) is 9.15. The fourth-order valence-electron chi connectivity index (χ4n) is 1.10. The zero-order chi connectivity index (χ0) is 9.90. The van der Waals surface area contributed by atoms with Gasteiger partial charge in [-0.1, -0.05) is 0 Å². The van der Waals surface area contributed by atoms with E-state index in [1.807, 2.05) is 27.0 Å². The van der Waals surface area contributed by atoms with Gasteiger partial charge < -0.3 is 10.5 Å². The molecule has 0 amide bonds. The summed E-state index contributed by atoms with van der Waals surface area (Å²) in [5.74, 6) is 0. The third kappa shape index (κ3) is 2.49. The van der Waals surface area contributed by atoms with E-state index in [0.717, 1.165) is 9.88 Å². The highest BCUT2D eigenvalue weighted by atomic mass is 32.1. The maximum Gasteiger partial charge on any atom is 0.124 e. The standard InChI is InChI=1S/C9H16N2OS/c1-4-12-9(2,3)8-11-6-7(5-10)13-8/h6H,4-5,10H2,1-3H3. The molecule has 1 aromatic heterocycles. The number of nitrogens with zero attached hydrogens (tertiary/aromatic N) is 1. The molecule has 0 saturated heterocycles. The van der Waals surface area contributed by atoms with Crippen molar-refractivity contribution in [3.05, 3.63) is 16.1 Å². The van der Waals surface area contributed by atoms with Gasteiger partial charge in [0.2, 0.25) is 0 Å². The molecule has 0 aliphatic rings. The van der Waals surface area contributed by atoms with Crippen molar-refractivity contribution in [2.45, 2.75) is 32.9 Å². The molecular formula is C9H16N2OS. The smallest absolute Gasteiger partial charge is 0.124 e. The molecule has 1 aromatic rings. The van der Waals surface area contributed by atoms with E-state index in [1.165, 1.54) is 0 Å². The first-order valence-electron chi connectivity index (χ1n) is 4.39. The molecule has 3 nitrogen and oxygen atoms in total. The Kier molecular flexibility index (Phi) is 3.41. The average molecular weight is 200 g/mol. The van der Waals surface area contributed by atoms with Gasteiger partial charge in [0.15, 0.2) is 0 Å². The summed E-state index contributed by atoms with van der Waals surface area (Å²) in [5.41, 5.74) is 5.23. The van der Waals surface area contributed by atoms with Gasteiger partial charge in [-0.3, -0.25) is 0 Å². The predicted octanol–water partition coefficient (Wildman–Crippen LogP) is 1.87. The second-order valence-electron chi connectivity index (χ2n) is 3.28. The first-order valence-corrected chi connectivity index (χ1v) is 5.21. The lowest BCUT2D eigenvalue weighted by molar-refractivity contribution is -0.0141. The van der Waals surface area contributed by atoms with Gasteiger partial charge in [0.1, 0.15) is 10.6 Å². The van der Waals surface area contributed by atoms with E-state index in [1.54, 1.807) is 11.3 Å². The molecule has 13 heavy (non-hydrogen) atoms. The van der Waals surface area contributed by atoms with Crippen LogP contribution in [0.4, 0.5) is 0 Å². The molecule has 2 N–H and O–H groups in total. The summed E-state index contributed by atoms with van der Waals surface area (Å²) in [6.07, 6.45) is 1.82. The van der Waals surface area contributed by atoms with Crippen molar-refractivity contribution in [1.82, 2.24) is 4.98 Å². The van der Waals surface area contributed by atoms with Gasteiger partial charge in [0.25, 0.3) is 0 Å².